The summed E-state index contributed by atoms with van der Waals surface area (Å²) in [6, 6.07) is 0. The minimum Gasteiger partial charge on any atom is -0.352 e. The van der Waals surface area contributed by atoms with Crippen molar-refractivity contribution < 1.29 is 13.2 Å². The van der Waals surface area contributed by atoms with Gasteiger partial charge in [-0.15, -0.1) is 0 Å². The van der Waals surface area contributed by atoms with Crippen LogP contribution in [0, 0.1) is 0 Å². The van der Waals surface area contributed by atoms with Gasteiger partial charge in [-0.05, 0) is 13.0 Å². The molecule has 0 heterocycles. The van der Waals surface area contributed by atoms with Crippen LogP contribution in [0.25, 0.3) is 0 Å². The summed E-state index contributed by atoms with van der Waals surface area (Å²) in [6.45, 7) is 1.89. The van der Waals surface area contributed by atoms with Crippen molar-refractivity contribution in [3.05, 3.63) is 12.2 Å². The summed E-state index contributed by atoms with van der Waals surface area (Å²) in [5, 5.41) is 2.44. The van der Waals surface area contributed by atoms with E-state index in [4.69, 9.17) is 0 Å². The zero-order valence-electron chi connectivity index (χ0n) is 7.20. The van der Waals surface area contributed by atoms with Crippen molar-refractivity contribution in [1.82, 2.24) is 5.32 Å². The lowest BCUT2D eigenvalue weighted by Crippen LogP contribution is -2.27. The first-order chi connectivity index (χ1) is 5.45. The first-order valence-electron chi connectivity index (χ1n) is 3.54. The monoisotopic (exact) mass is 191 g/mol. The van der Waals surface area contributed by atoms with E-state index >= 15 is 0 Å². The highest BCUT2D eigenvalue weighted by Gasteiger charge is 2.01. The van der Waals surface area contributed by atoms with Crippen LogP contribution in [0.15, 0.2) is 12.2 Å². The second kappa shape index (κ2) is 4.92. The molecule has 0 rings (SSSR count). The fraction of sp³-hybridized carbons (Fsp3) is 0.571. The fourth-order valence-corrected chi connectivity index (χ4v) is 1.04. The van der Waals surface area contributed by atoms with E-state index in [1.807, 2.05) is 0 Å². The van der Waals surface area contributed by atoms with Crippen molar-refractivity contribution in [3.63, 3.8) is 0 Å². The van der Waals surface area contributed by atoms with Crippen molar-refractivity contribution in [1.29, 1.82) is 0 Å². The maximum Gasteiger partial charge on any atom is 0.243 e. The molecule has 0 unspecified atom stereocenters. The molecule has 0 aliphatic rings. The molecule has 0 aliphatic carbocycles. The van der Waals surface area contributed by atoms with Crippen LogP contribution >= 0.6 is 0 Å². The summed E-state index contributed by atoms with van der Waals surface area (Å²) in [4.78, 5) is 10.7. The number of amides is 1. The highest BCUT2D eigenvalue weighted by atomic mass is 32.2. The summed E-state index contributed by atoms with van der Waals surface area (Å²) >= 11 is 0. The van der Waals surface area contributed by atoms with Crippen LogP contribution in [0.5, 0.6) is 0 Å². The minimum absolute atomic E-state index is 0.0176. The minimum atomic E-state index is -2.97. The third-order valence-electron chi connectivity index (χ3n) is 1.09. The largest absolute Gasteiger partial charge is 0.352 e. The van der Waals surface area contributed by atoms with Crippen LogP contribution in [-0.2, 0) is 14.6 Å². The molecule has 0 atom stereocenters. The Morgan fingerprint density at radius 1 is 1.50 bits per heavy atom. The highest BCUT2D eigenvalue weighted by Crippen LogP contribution is 1.80. The third kappa shape index (κ3) is 7.27. The smallest absolute Gasteiger partial charge is 0.243 e. The maximum atomic E-state index is 10.7. The molecule has 0 aromatic rings. The molecule has 0 bridgehead atoms. The van der Waals surface area contributed by atoms with E-state index in [-0.39, 0.29) is 18.2 Å². The number of carbonyl (C=O) groups is 1. The van der Waals surface area contributed by atoms with E-state index < -0.39 is 9.84 Å². The summed E-state index contributed by atoms with van der Waals surface area (Å²) in [5.74, 6) is -0.280. The molecule has 0 radical (unpaired) electrons. The van der Waals surface area contributed by atoms with Gasteiger partial charge >= 0.3 is 0 Å². The predicted molar refractivity (Wildman–Crippen MR) is 47.5 cm³/mol. The Bertz CT molecular complexity index is 266. The molecule has 0 aliphatic heterocycles. The van der Waals surface area contributed by atoms with Gasteiger partial charge in [0.25, 0.3) is 0 Å². The molecule has 1 amide bonds. The molecule has 5 heteroatoms. The summed E-state index contributed by atoms with van der Waals surface area (Å²) in [6.07, 6.45) is 4.08. The number of rotatable bonds is 4. The van der Waals surface area contributed by atoms with Crippen molar-refractivity contribution in [2.75, 3.05) is 18.6 Å². The molecule has 0 spiro atoms. The Hall–Kier alpha value is -0.840. The molecule has 0 aromatic heterocycles. The Morgan fingerprint density at radius 3 is 2.50 bits per heavy atom. The van der Waals surface area contributed by atoms with Crippen LogP contribution in [-0.4, -0.2) is 32.9 Å². The number of nitrogens with one attached hydrogen (secondary N) is 1. The molecule has 1 N–H and O–H groups in total. The normalized spacial score (nSPS) is 11.8. The lowest BCUT2D eigenvalue weighted by molar-refractivity contribution is -0.116. The van der Waals surface area contributed by atoms with Gasteiger partial charge in [-0.2, -0.15) is 0 Å². The SMILES string of the molecule is CC=CC(=O)NCCS(C)(=O)=O. The topological polar surface area (TPSA) is 63.2 Å². The Morgan fingerprint density at radius 2 is 2.08 bits per heavy atom. The zero-order chi connectivity index (χ0) is 9.61. The molecular weight excluding hydrogens is 178 g/mol. The number of hydrogen-bond acceptors (Lipinski definition) is 3. The molecule has 0 fully saturated rings. The summed E-state index contributed by atoms with van der Waals surface area (Å²) in [5.41, 5.74) is 0. The van der Waals surface area contributed by atoms with Crippen LogP contribution in [0.3, 0.4) is 0 Å². The molecule has 0 saturated heterocycles. The summed E-state index contributed by atoms with van der Waals surface area (Å²) in [7, 11) is -2.97. The molecule has 0 aromatic carbocycles. The Kier molecular flexibility index (Phi) is 4.58. The standard InChI is InChI=1S/C7H13NO3S/c1-3-4-7(9)8-5-6-12(2,10)11/h3-4H,5-6H2,1-2H3,(H,8,9). The predicted octanol–water partition coefficient (Wildman–Crippen LogP) is -0.277. The van der Waals surface area contributed by atoms with E-state index in [0.29, 0.717) is 0 Å². The van der Waals surface area contributed by atoms with Gasteiger partial charge in [0.15, 0.2) is 0 Å². The van der Waals surface area contributed by atoms with E-state index in [1.54, 1.807) is 13.0 Å². The Labute approximate surface area is 72.6 Å². The lowest BCUT2D eigenvalue weighted by atomic mass is 10.5. The lowest BCUT2D eigenvalue weighted by Gasteiger charge is -1.99. The van der Waals surface area contributed by atoms with Crippen molar-refractivity contribution in [2.45, 2.75) is 6.92 Å². The second-order valence-corrected chi connectivity index (χ2v) is 4.68. The van der Waals surface area contributed by atoms with Crippen molar-refractivity contribution >= 4 is 15.7 Å². The highest BCUT2D eigenvalue weighted by molar-refractivity contribution is 7.90. The zero-order valence-corrected chi connectivity index (χ0v) is 8.02. The third-order valence-corrected chi connectivity index (χ3v) is 2.04. The fourth-order valence-electron chi connectivity index (χ4n) is 0.570. The van der Waals surface area contributed by atoms with Crippen LogP contribution < -0.4 is 5.32 Å². The number of allylic oxidation sites excluding steroid dienone is 1. The van der Waals surface area contributed by atoms with Gasteiger partial charge in [0.05, 0.1) is 5.75 Å². The number of sulfone groups is 1. The van der Waals surface area contributed by atoms with Crippen LogP contribution in [0.2, 0.25) is 0 Å². The number of hydrogen-bond donors (Lipinski definition) is 1. The van der Waals surface area contributed by atoms with Gasteiger partial charge in [-0.1, -0.05) is 6.08 Å². The van der Waals surface area contributed by atoms with Gasteiger partial charge < -0.3 is 5.32 Å². The van der Waals surface area contributed by atoms with Gasteiger partial charge in [0.2, 0.25) is 5.91 Å². The van der Waals surface area contributed by atoms with Gasteiger partial charge in [-0.25, -0.2) is 8.42 Å². The summed E-state index contributed by atoms with van der Waals surface area (Å²) < 4.78 is 21.2. The quantitative estimate of drug-likeness (QED) is 0.622. The van der Waals surface area contributed by atoms with Gasteiger partial charge in [-0.3, -0.25) is 4.79 Å². The second-order valence-electron chi connectivity index (χ2n) is 2.42. The molecule has 0 saturated carbocycles. The average molecular weight is 191 g/mol. The Balaban J connectivity index is 3.65. The molecule has 12 heavy (non-hydrogen) atoms. The van der Waals surface area contributed by atoms with Gasteiger partial charge in [0, 0.05) is 12.8 Å². The van der Waals surface area contributed by atoms with E-state index in [0.717, 1.165) is 6.26 Å². The van der Waals surface area contributed by atoms with Crippen LogP contribution in [0.4, 0.5) is 0 Å². The molecule has 70 valence electrons. The maximum absolute atomic E-state index is 10.7. The molecular formula is C7H13NO3S. The first-order valence-corrected chi connectivity index (χ1v) is 5.60. The first kappa shape index (κ1) is 11.2. The number of carbonyl (C=O) groups excluding carboxylic acids is 1. The molecule has 4 nitrogen and oxygen atoms in total. The van der Waals surface area contributed by atoms with Crippen LogP contribution in [0.1, 0.15) is 6.92 Å². The van der Waals surface area contributed by atoms with Crippen molar-refractivity contribution in [2.24, 2.45) is 0 Å². The van der Waals surface area contributed by atoms with Crippen molar-refractivity contribution in [3.8, 4) is 0 Å². The van der Waals surface area contributed by atoms with E-state index in [2.05, 4.69) is 5.32 Å². The van der Waals surface area contributed by atoms with E-state index in [1.165, 1.54) is 6.08 Å². The van der Waals surface area contributed by atoms with Gasteiger partial charge in [0.1, 0.15) is 9.84 Å². The van der Waals surface area contributed by atoms with E-state index in [9.17, 15) is 13.2 Å². The average Bonchev–Trinajstić information content (AvgIpc) is 1.84.